The minimum absolute atomic E-state index is 0.0310. The van der Waals surface area contributed by atoms with Crippen molar-refractivity contribution in [3.8, 4) is 5.75 Å². The number of ketones is 1. The Labute approximate surface area is 190 Å². The number of hydrogen-bond acceptors (Lipinski definition) is 6. The highest BCUT2D eigenvalue weighted by atomic mass is 16.6. The molecule has 0 heterocycles. The van der Waals surface area contributed by atoms with Crippen LogP contribution in [0.15, 0.2) is 36.4 Å². The summed E-state index contributed by atoms with van der Waals surface area (Å²) in [6.07, 6.45) is 6.40. The zero-order valence-corrected chi connectivity index (χ0v) is 19.4. The van der Waals surface area contributed by atoms with Crippen molar-refractivity contribution in [2.45, 2.75) is 83.8 Å². The second kappa shape index (κ2) is 13.7. The molecule has 0 aliphatic heterocycles. The van der Waals surface area contributed by atoms with Crippen LogP contribution >= 0.6 is 0 Å². The molecule has 1 atom stereocenters. The lowest BCUT2D eigenvalue weighted by Crippen LogP contribution is -2.31. The largest absolute Gasteiger partial charge is 0.487 e. The minimum atomic E-state index is -1.46. The number of carboxylic acids is 1. The average molecular weight is 449 g/mol. The Bertz CT molecular complexity index is 759. The molecule has 1 aromatic rings. The number of rotatable bonds is 16. The van der Waals surface area contributed by atoms with Gasteiger partial charge in [-0.3, -0.25) is 9.59 Å². The standard InChI is InChI=1S/C25H36O7/c1-5-6-7-8-9-10-11-21(17-31-24(29)18(2)16-22(26)27)32-20-14-12-19(13-15-20)23(28)25(3,4)30/h12-15,21,30H,2,5-11,16-17H2,1,3-4H3,(H,26,27). The first kappa shape index (κ1) is 27.4. The van der Waals surface area contributed by atoms with Crippen molar-refractivity contribution in [1.29, 1.82) is 0 Å². The first-order valence-corrected chi connectivity index (χ1v) is 11.1. The van der Waals surface area contributed by atoms with E-state index in [1.807, 2.05) is 0 Å². The van der Waals surface area contributed by atoms with E-state index < -0.39 is 35.8 Å². The molecule has 0 bridgehead atoms. The average Bonchev–Trinajstić information content (AvgIpc) is 2.72. The predicted molar refractivity (Wildman–Crippen MR) is 122 cm³/mol. The molecule has 0 radical (unpaired) electrons. The molecule has 178 valence electrons. The zero-order chi connectivity index (χ0) is 24.1. The lowest BCUT2D eigenvalue weighted by atomic mass is 9.97. The second-order valence-corrected chi connectivity index (χ2v) is 8.48. The van der Waals surface area contributed by atoms with Crippen molar-refractivity contribution in [1.82, 2.24) is 0 Å². The lowest BCUT2D eigenvalue weighted by molar-refractivity contribution is -0.144. The number of hydrogen-bond donors (Lipinski definition) is 2. The molecule has 0 aromatic heterocycles. The van der Waals surface area contributed by atoms with E-state index in [1.165, 1.54) is 33.1 Å². The molecule has 1 aromatic carbocycles. The number of Topliss-reactive ketones (excluding diaryl/α,β-unsaturated/α-hetero) is 1. The van der Waals surface area contributed by atoms with Crippen LogP contribution in [0.1, 0.15) is 82.5 Å². The van der Waals surface area contributed by atoms with Gasteiger partial charge in [0.15, 0.2) is 5.78 Å². The Morgan fingerprint density at radius 1 is 1.03 bits per heavy atom. The fraction of sp³-hybridized carbons (Fsp3) is 0.560. The molecular weight excluding hydrogens is 412 g/mol. The number of carboxylic acid groups (broad SMARTS) is 1. The quantitative estimate of drug-likeness (QED) is 0.163. The van der Waals surface area contributed by atoms with Crippen LogP contribution in [0.5, 0.6) is 5.75 Å². The molecule has 7 heteroatoms. The second-order valence-electron chi connectivity index (χ2n) is 8.48. The van der Waals surface area contributed by atoms with Crippen molar-refractivity contribution < 1.29 is 34.1 Å². The fourth-order valence-corrected chi connectivity index (χ4v) is 3.08. The Morgan fingerprint density at radius 2 is 1.62 bits per heavy atom. The first-order valence-electron chi connectivity index (χ1n) is 11.1. The first-order chi connectivity index (χ1) is 15.0. The number of unbranched alkanes of at least 4 members (excludes halogenated alkanes) is 5. The van der Waals surface area contributed by atoms with Crippen LogP contribution in [0.3, 0.4) is 0 Å². The van der Waals surface area contributed by atoms with Gasteiger partial charge in [-0.2, -0.15) is 0 Å². The number of ether oxygens (including phenoxy) is 2. The third-order valence-corrected chi connectivity index (χ3v) is 4.91. The predicted octanol–water partition coefficient (Wildman–Crippen LogP) is 4.71. The van der Waals surface area contributed by atoms with E-state index in [0.717, 1.165) is 19.3 Å². The number of aliphatic carboxylic acids is 1. The molecule has 32 heavy (non-hydrogen) atoms. The fourth-order valence-electron chi connectivity index (χ4n) is 3.08. The van der Waals surface area contributed by atoms with Crippen molar-refractivity contribution in [3.63, 3.8) is 0 Å². The third kappa shape index (κ3) is 10.6. The Balaban J connectivity index is 2.72. The third-order valence-electron chi connectivity index (χ3n) is 4.91. The van der Waals surface area contributed by atoms with Gasteiger partial charge in [0.05, 0.1) is 6.42 Å². The van der Waals surface area contributed by atoms with Gasteiger partial charge in [0.1, 0.15) is 24.1 Å². The summed E-state index contributed by atoms with van der Waals surface area (Å²) in [6.45, 7) is 8.46. The molecule has 0 saturated heterocycles. The van der Waals surface area contributed by atoms with Gasteiger partial charge in [-0.25, -0.2) is 4.79 Å². The number of carbonyl (C=O) groups is 3. The highest BCUT2D eigenvalue weighted by Crippen LogP contribution is 2.20. The minimum Gasteiger partial charge on any atom is -0.487 e. The van der Waals surface area contributed by atoms with Gasteiger partial charge < -0.3 is 19.7 Å². The summed E-state index contributed by atoms with van der Waals surface area (Å²) in [5, 5.41) is 18.7. The van der Waals surface area contributed by atoms with E-state index in [1.54, 1.807) is 24.3 Å². The molecule has 0 amide bonds. The zero-order valence-electron chi connectivity index (χ0n) is 19.4. The number of esters is 1. The van der Waals surface area contributed by atoms with Gasteiger partial charge in [0.2, 0.25) is 0 Å². The Hall–Kier alpha value is -2.67. The molecule has 0 aliphatic carbocycles. The van der Waals surface area contributed by atoms with E-state index in [9.17, 15) is 19.5 Å². The maximum atomic E-state index is 12.2. The van der Waals surface area contributed by atoms with Gasteiger partial charge in [-0.15, -0.1) is 0 Å². The van der Waals surface area contributed by atoms with Crippen LogP contribution < -0.4 is 4.74 Å². The van der Waals surface area contributed by atoms with Crippen molar-refractivity contribution in [2.24, 2.45) is 0 Å². The number of carbonyl (C=O) groups excluding carboxylic acids is 2. The summed E-state index contributed by atoms with van der Waals surface area (Å²) in [7, 11) is 0. The van der Waals surface area contributed by atoms with E-state index in [-0.39, 0.29) is 12.2 Å². The number of benzene rings is 1. The van der Waals surface area contributed by atoms with Crippen LogP contribution in [0, 0.1) is 0 Å². The monoisotopic (exact) mass is 448 g/mol. The van der Waals surface area contributed by atoms with Crippen LogP contribution in [-0.2, 0) is 14.3 Å². The summed E-state index contributed by atoms with van der Waals surface area (Å²) in [6, 6.07) is 6.44. The molecule has 2 N–H and O–H groups in total. The van der Waals surface area contributed by atoms with E-state index in [2.05, 4.69) is 13.5 Å². The molecule has 0 spiro atoms. The summed E-state index contributed by atoms with van der Waals surface area (Å²) >= 11 is 0. The van der Waals surface area contributed by atoms with Gasteiger partial charge >= 0.3 is 11.9 Å². The van der Waals surface area contributed by atoms with E-state index in [4.69, 9.17) is 14.6 Å². The normalized spacial score (nSPS) is 12.1. The molecule has 1 rings (SSSR count). The molecule has 1 unspecified atom stereocenters. The Morgan fingerprint density at radius 3 is 2.19 bits per heavy atom. The summed E-state index contributed by atoms with van der Waals surface area (Å²) in [5.41, 5.74) is -1.21. The highest BCUT2D eigenvalue weighted by Gasteiger charge is 2.25. The lowest BCUT2D eigenvalue weighted by Gasteiger charge is -2.20. The van der Waals surface area contributed by atoms with Crippen LogP contribution in [-0.4, -0.2) is 46.2 Å². The van der Waals surface area contributed by atoms with E-state index in [0.29, 0.717) is 17.7 Å². The molecule has 0 saturated carbocycles. The summed E-state index contributed by atoms with van der Waals surface area (Å²) in [4.78, 5) is 34.9. The maximum absolute atomic E-state index is 12.2. The van der Waals surface area contributed by atoms with Crippen LogP contribution in [0.4, 0.5) is 0 Å². The van der Waals surface area contributed by atoms with Gasteiger partial charge in [-0.05, 0) is 51.0 Å². The highest BCUT2D eigenvalue weighted by molar-refractivity contribution is 6.01. The van der Waals surface area contributed by atoms with Crippen LogP contribution in [0.25, 0.3) is 0 Å². The van der Waals surface area contributed by atoms with Crippen LogP contribution in [0.2, 0.25) is 0 Å². The van der Waals surface area contributed by atoms with Crippen molar-refractivity contribution >= 4 is 17.7 Å². The summed E-state index contributed by atoms with van der Waals surface area (Å²) < 4.78 is 11.2. The molecule has 0 fully saturated rings. The van der Waals surface area contributed by atoms with Gasteiger partial charge in [0, 0.05) is 11.1 Å². The molecular formula is C25H36O7. The maximum Gasteiger partial charge on any atom is 0.334 e. The smallest absolute Gasteiger partial charge is 0.334 e. The summed E-state index contributed by atoms with van der Waals surface area (Å²) in [5.74, 6) is -1.78. The number of aliphatic hydroxyl groups is 1. The molecule has 0 aliphatic rings. The SMILES string of the molecule is C=C(CC(=O)O)C(=O)OCC(CCCCCCCC)Oc1ccc(C(=O)C(C)(C)O)cc1. The Kier molecular flexibility index (Phi) is 11.7. The van der Waals surface area contributed by atoms with Crippen molar-refractivity contribution in [3.05, 3.63) is 42.0 Å². The van der Waals surface area contributed by atoms with Gasteiger partial charge in [-0.1, -0.05) is 45.6 Å². The topological polar surface area (TPSA) is 110 Å². The van der Waals surface area contributed by atoms with Crippen molar-refractivity contribution in [2.75, 3.05) is 6.61 Å². The van der Waals surface area contributed by atoms with Gasteiger partial charge in [0.25, 0.3) is 0 Å². The molecule has 7 nitrogen and oxygen atoms in total. The van der Waals surface area contributed by atoms with E-state index >= 15 is 0 Å².